The van der Waals surface area contributed by atoms with Crippen LogP contribution in [0.1, 0.15) is 75.2 Å². The van der Waals surface area contributed by atoms with Crippen molar-refractivity contribution in [3.63, 3.8) is 0 Å². The number of aromatic hydroxyl groups is 1. The number of carbonyl (C=O) groups is 1. The van der Waals surface area contributed by atoms with Gasteiger partial charge in [0, 0.05) is 23.9 Å². The van der Waals surface area contributed by atoms with E-state index in [1.807, 2.05) is 6.26 Å². The molecular weight excluding hydrogens is 450 g/mol. The van der Waals surface area contributed by atoms with Crippen LogP contribution in [0, 0.1) is 5.41 Å². The largest absolute Gasteiger partial charge is 0.505 e. The molecule has 9 heteroatoms. The first-order valence-corrected chi connectivity index (χ1v) is 12.9. The Hall–Kier alpha value is -3.07. The van der Waals surface area contributed by atoms with Gasteiger partial charge in [-0.2, -0.15) is 0 Å². The lowest BCUT2D eigenvalue weighted by atomic mass is 9.85. The Morgan fingerprint density at radius 3 is 2.59 bits per heavy atom. The quantitative estimate of drug-likeness (QED) is 0.299. The number of rotatable bonds is 7. The molecule has 2 atom stereocenters. The van der Waals surface area contributed by atoms with Crippen LogP contribution in [0.25, 0.3) is 0 Å². The van der Waals surface area contributed by atoms with Crippen molar-refractivity contribution in [2.45, 2.75) is 59.3 Å². The molecule has 0 fully saturated rings. The fourth-order valence-corrected chi connectivity index (χ4v) is 4.60. The van der Waals surface area contributed by atoms with Crippen LogP contribution in [0.4, 0.5) is 11.5 Å². The summed E-state index contributed by atoms with van der Waals surface area (Å²) in [6, 6.07) is 7.06. The summed E-state index contributed by atoms with van der Waals surface area (Å²) in [5, 5.41) is 14.0. The van der Waals surface area contributed by atoms with Gasteiger partial charge in [0.05, 0.1) is 17.5 Å². The van der Waals surface area contributed by atoms with Gasteiger partial charge < -0.3 is 19.7 Å². The zero-order valence-corrected chi connectivity index (χ0v) is 22.1. The van der Waals surface area contributed by atoms with Gasteiger partial charge in [-0.1, -0.05) is 40.7 Å². The first kappa shape index (κ1) is 25.6. The maximum atomic E-state index is 12.4. The van der Waals surface area contributed by atoms with Crippen LogP contribution in [-0.4, -0.2) is 38.8 Å². The lowest BCUT2D eigenvalue weighted by Crippen LogP contribution is -2.81. The van der Waals surface area contributed by atoms with E-state index in [4.69, 9.17) is 8.79 Å². The van der Waals surface area contributed by atoms with Crippen molar-refractivity contribution in [3.8, 4) is 5.75 Å². The summed E-state index contributed by atoms with van der Waals surface area (Å²) >= 11 is 0. The van der Waals surface area contributed by atoms with E-state index in [9.17, 15) is 9.90 Å². The average molecular weight is 488 g/mol. The van der Waals surface area contributed by atoms with Crippen molar-refractivity contribution in [2.75, 3.05) is 19.4 Å². The molecule has 8 nitrogen and oxygen atoms in total. The zero-order valence-electron chi connectivity index (χ0n) is 21.3. The lowest BCUT2D eigenvalue weighted by molar-refractivity contribution is -0.572. The number of aromatic nitrogens is 2. The van der Waals surface area contributed by atoms with E-state index in [-0.39, 0.29) is 28.7 Å². The number of hydrogen-bond donors (Lipinski definition) is 4. The number of hydrogen-bond acceptors (Lipinski definition) is 5. The van der Waals surface area contributed by atoms with Crippen molar-refractivity contribution >= 4 is 28.3 Å². The summed E-state index contributed by atoms with van der Waals surface area (Å²) in [5.41, 5.74) is 2.38. The second-order valence-corrected chi connectivity index (χ2v) is 11.7. The Labute approximate surface area is 204 Å². The molecule has 0 aliphatic heterocycles. The van der Waals surface area contributed by atoms with E-state index in [2.05, 4.69) is 62.3 Å². The molecule has 0 aliphatic carbocycles. The van der Waals surface area contributed by atoms with Gasteiger partial charge in [0.2, 0.25) is 0 Å². The maximum Gasteiger partial charge on any atom is 0.368 e. The topological polar surface area (TPSA) is 108 Å². The van der Waals surface area contributed by atoms with E-state index in [0.717, 1.165) is 22.6 Å². The Morgan fingerprint density at radius 1 is 1.32 bits per heavy atom. The number of furan rings is 1. The van der Waals surface area contributed by atoms with Gasteiger partial charge in [-0.15, -0.1) is 0 Å². The van der Waals surface area contributed by atoms with Crippen LogP contribution in [0.15, 0.2) is 34.9 Å². The molecule has 34 heavy (non-hydrogen) atoms. The van der Waals surface area contributed by atoms with Gasteiger partial charge in [0.1, 0.15) is 5.76 Å². The maximum absolute atomic E-state index is 12.4. The first-order valence-electron chi connectivity index (χ1n) is 11.5. The summed E-state index contributed by atoms with van der Waals surface area (Å²) < 4.78 is 14.2. The summed E-state index contributed by atoms with van der Waals surface area (Å²) in [6.45, 7) is 12.8. The highest BCUT2D eigenvalue weighted by Crippen LogP contribution is 2.32. The van der Waals surface area contributed by atoms with Crippen molar-refractivity contribution < 1.29 is 19.3 Å². The van der Waals surface area contributed by atoms with Crippen molar-refractivity contribution in [2.24, 2.45) is 5.41 Å². The van der Waals surface area contributed by atoms with Gasteiger partial charge >= 0.3 is 5.49 Å². The molecule has 1 aromatic carbocycles. The molecule has 2 heterocycles. The fourth-order valence-electron chi connectivity index (χ4n) is 3.53. The molecule has 3 rings (SSSR count). The Bertz CT molecular complexity index is 1210. The number of anilines is 2. The Balaban J connectivity index is 2.08. The molecule has 3 aromatic rings. The molecule has 0 saturated carbocycles. The van der Waals surface area contributed by atoms with E-state index < -0.39 is 10.9 Å². The first-order chi connectivity index (χ1) is 15.9. The molecule has 0 aliphatic rings. The molecule has 0 spiro atoms. The SMILES string of the molecule is CC[s+]1nc(Nc2cccc(C(=O)N(C)C)c2O)c(=[NH+][C@@H](c2cc(C(C)C)co2)C(C)(C)C)[nH]1. The predicted octanol–water partition coefficient (Wildman–Crippen LogP) is 3.81. The highest BCUT2D eigenvalue weighted by Gasteiger charge is 2.33. The van der Waals surface area contributed by atoms with Crippen LogP contribution >= 0.6 is 10.9 Å². The molecule has 1 amide bonds. The summed E-state index contributed by atoms with van der Waals surface area (Å²) in [5.74, 6) is 2.26. The average Bonchev–Trinajstić information content (AvgIpc) is 3.39. The number of phenolic OH excluding ortho intramolecular Hbond substituents is 1. The third kappa shape index (κ3) is 5.52. The van der Waals surface area contributed by atoms with Crippen molar-refractivity contribution in [3.05, 3.63) is 52.9 Å². The number of amides is 1. The Kier molecular flexibility index (Phi) is 7.55. The lowest BCUT2D eigenvalue weighted by Gasteiger charge is -2.23. The molecule has 0 radical (unpaired) electrons. The van der Waals surface area contributed by atoms with E-state index >= 15 is 0 Å². The number of nitrogens with one attached hydrogen (secondary N) is 3. The normalized spacial score (nSPS) is 13.9. The van der Waals surface area contributed by atoms with Gasteiger partial charge in [0.15, 0.2) is 17.5 Å². The van der Waals surface area contributed by atoms with Crippen LogP contribution in [0.3, 0.4) is 0 Å². The number of H-pyrrole nitrogens is 1. The second-order valence-electron chi connectivity index (χ2n) is 9.98. The number of benzene rings is 1. The van der Waals surface area contributed by atoms with Gasteiger partial charge in [-0.25, -0.2) is 0 Å². The van der Waals surface area contributed by atoms with E-state index in [0.29, 0.717) is 17.4 Å². The number of carbonyl (C=O) groups excluding carboxylic acids is 1. The van der Waals surface area contributed by atoms with Crippen molar-refractivity contribution in [1.82, 2.24) is 13.6 Å². The summed E-state index contributed by atoms with van der Waals surface area (Å²) in [6.07, 6.45) is 1.82. The highest BCUT2D eigenvalue weighted by atomic mass is 32.2. The molecule has 4 N–H and O–H groups in total. The van der Waals surface area contributed by atoms with E-state index in [1.54, 1.807) is 32.3 Å². The molecular formula is C25H37N5O3S+2. The van der Waals surface area contributed by atoms with Gasteiger partial charge in [0.25, 0.3) is 22.6 Å². The third-order valence-electron chi connectivity index (χ3n) is 5.60. The minimum Gasteiger partial charge on any atom is -0.505 e. The zero-order chi connectivity index (χ0) is 25.2. The molecule has 184 valence electrons. The standard InChI is InChI=1S/C25H35N5O3S/c1-9-34-28-22(26-18-12-10-11-17(20(18)31)24(32)30(7)8)23(29-34)27-21(25(4,5)6)19-13-16(14-33-19)15(2)3/h10-15,21H,9H2,1-8H3,(H2,26,27,28,29,31,32)/p+2/t21-,34?/m0/s1. The molecule has 1 unspecified atom stereocenters. The van der Waals surface area contributed by atoms with Crippen molar-refractivity contribution in [1.29, 1.82) is 0 Å². The molecule has 2 aromatic heterocycles. The monoisotopic (exact) mass is 487 g/mol. The Morgan fingerprint density at radius 2 is 2.03 bits per heavy atom. The second kappa shape index (κ2) is 10.0. The minimum atomic E-state index is -0.409. The fraction of sp³-hybridized carbons (Fsp3) is 0.480. The number of aryl methyl sites for hydroxylation is 1. The molecule has 0 bridgehead atoms. The summed E-state index contributed by atoms with van der Waals surface area (Å²) in [7, 11) is 2.90. The van der Waals surface area contributed by atoms with Crippen LogP contribution < -0.4 is 15.8 Å². The van der Waals surface area contributed by atoms with Gasteiger partial charge in [-0.3, -0.25) is 9.79 Å². The van der Waals surface area contributed by atoms with Crippen LogP contribution in [0.5, 0.6) is 5.75 Å². The number of nitrogens with zero attached hydrogens (tertiary/aromatic N) is 2. The highest BCUT2D eigenvalue weighted by molar-refractivity contribution is 7.20. The number of para-hydroxylation sites is 1. The van der Waals surface area contributed by atoms with Crippen LogP contribution in [0.2, 0.25) is 0 Å². The smallest absolute Gasteiger partial charge is 0.368 e. The minimum absolute atomic E-state index is 0.105. The summed E-state index contributed by atoms with van der Waals surface area (Å²) in [4.78, 5) is 17.5. The molecule has 0 saturated heterocycles. The van der Waals surface area contributed by atoms with E-state index in [1.165, 1.54) is 4.90 Å². The predicted molar refractivity (Wildman–Crippen MR) is 135 cm³/mol. The third-order valence-corrected chi connectivity index (χ3v) is 6.99. The number of aromatic amines is 1. The van der Waals surface area contributed by atoms with Gasteiger partial charge in [-0.05, 0) is 41.0 Å². The van der Waals surface area contributed by atoms with Crippen LogP contribution in [-0.2, 0) is 5.75 Å². The number of phenols is 1.